The van der Waals surface area contributed by atoms with Crippen LogP contribution in [0, 0.1) is 23.2 Å². The number of methoxy groups -OCH3 is 1. The zero-order valence-corrected chi connectivity index (χ0v) is 20.6. The third-order valence-corrected chi connectivity index (χ3v) is 7.48. The van der Waals surface area contributed by atoms with Crippen molar-refractivity contribution in [1.82, 2.24) is 0 Å². The van der Waals surface area contributed by atoms with Gasteiger partial charge < -0.3 is 9.47 Å². The van der Waals surface area contributed by atoms with Crippen molar-refractivity contribution >= 4 is 17.3 Å². The molecule has 0 aromatic heterocycles. The summed E-state index contributed by atoms with van der Waals surface area (Å²) in [6, 6.07) is 4.25. The molecule has 5 nitrogen and oxygen atoms in total. The first-order chi connectivity index (χ1) is 16.4. The maximum absolute atomic E-state index is 13.9. The van der Waals surface area contributed by atoms with Crippen molar-refractivity contribution in [2.45, 2.75) is 58.7 Å². The molecule has 1 saturated heterocycles. The van der Waals surface area contributed by atoms with Crippen LogP contribution in [0.25, 0.3) is 0 Å². The highest BCUT2D eigenvalue weighted by Crippen LogP contribution is 2.48. The van der Waals surface area contributed by atoms with E-state index in [-0.39, 0.29) is 22.7 Å². The van der Waals surface area contributed by atoms with Crippen LogP contribution in [0.5, 0.6) is 0 Å². The van der Waals surface area contributed by atoms with Crippen molar-refractivity contribution in [1.29, 1.82) is 0 Å². The molecule has 0 spiro atoms. The standard InChI is InChI=1S/C27H32F3NO4/c1-15(34-4)24-23(25(33)17-5-7-18(8-6-17)27(28,29)30)21(16-9-11-35-12-10-16)22-19(31-24)13-26(2,3)14-20(22)32/h5-8,15-16,21-22H,9-14H2,1-4H3. The number of allylic oxidation sites excluding steroid dienone is 1. The van der Waals surface area contributed by atoms with Crippen molar-refractivity contribution in [3.63, 3.8) is 0 Å². The number of aliphatic imine (C=N–C) groups is 1. The van der Waals surface area contributed by atoms with E-state index in [1.807, 2.05) is 13.8 Å². The number of ketones is 2. The summed E-state index contributed by atoms with van der Waals surface area (Å²) < 4.78 is 50.5. The molecule has 2 fully saturated rings. The molecule has 0 radical (unpaired) electrons. The fourth-order valence-electron chi connectivity index (χ4n) is 5.74. The van der Waals surface area contributed by atoms with Crippen molar-refractivity contribution in [3.05, 3.63) is 46.7 Å². The predicted molar refractivity (Wildman–Crippen MR) is 125 cm³/mol. The molecule has 2 aliphatic heterocycles. The number of benzene rings is 1. The number of ether oxygens (including phenoxy) is 2. The Hall–Kier alpha value is -2.32. The summed E-state index contributed by atoms with van der Waals surface area (Å²) in [6.07, 6.45) is -2.57. The zero-order valence-electron chi connectivity index (χ0n) is 20.6. The van der Waals surface area contributed by atoms with Crippen LogP contribution in [0.1, 0.15) is 62.4 Å². The number of carbonyl (C=O) groups excluding carboxylic acids is 2. The molecule has 1 aromatic rings. The van der Waals surface area contributed by atoms with E-state index in [1.165, 1.54) is 19.2 Å². The number of Topliss-reactive ketones (excluding diaryl/α,β-unsaturated/α-hetero) is 2. The Morgan fingerprint density at radius 1 is 1.14 bits per heavy atom. The number of hydrogen-bond acceptors (Lipinski definition) is 5. The van der Waals surface area contributed by atoms with Crippen LogP contribution in [0.4, 0.5) is 13.2 Å². The number of fused-ring (bicyclic) bond motifs is 1. The lowest BCUT2D eigenvalue weighted by Crippen LogP contribution is -2.48. The molecule has 35 heavy (non-hydrogen) atoms. The molecule has 1 saturated carbocycles. The Morgan fingerprint density at radius 2 is 1.77 bits per heavy atom. The molecule has 3 aliphatic rings. The van der Waals surface area contributed by atoms with Crippen LogP contribution in [0.15, 0.2) is 40.5 Å². The minimum Gasteiger partial charge on any atom is -0.381 e. The molecule has 8 heteroatoms. The van der Waals surface area contributed by atoms with Crippen LogP contribution in [0.2, 0.25) is 0 Å². The lowest BCUT2D eigenvalue weighted by molar-refractivity contribution is -0.137. The molecule has 1 aliphatic carbocycles. The highest BCUT2D eigenvalue weighted by atomic mass is 19.4. The summed E-state index contributed by atoms with van der Waals surface area (Å²) in [6.45, 7) is 6.96. The average Bonchev–Trinajstić information content (AvgIpc) is 2.81. The summed E-state index contributed by atoms with van der Waals surface area (Å²) >= 11 is 0. The average molecular weight is 492 g/mol. The first kappa shape index (κ1) is 25.8. The minimum absolute atomic E-state index is 0.0249. The van der Waals surface area contributed by atoms with Crippen LogP contribution in [0.3, 0.4) is 0 Å². The van der Waals surface area contributed by atoms with Gasteiger partial charge in [-0.05, 0) is 49.7 Å². The smallest absolute Gasteiger partial charge is 0.381 e. The molecule has 1 aromatic carbocycles. The lowest BCUT2D eigenvalue weighted by atomic mass is 9.60. The van der Waals surface area contributed by atoms with Crippen molar-refractivity contribution < 1.29 is 32.2 Å². The van der Waals surface area contributed by atoms with Gasteiger partial charge in [-0.2, -0.15) is 13.2 Å². The largest absolute Gasteiger partial charge is 0.416 e. The van der Waals surface area contributed by atoms with E-state index in [0.717, 1.165) is 17.8 Å². The Labute approximate surface area is 203 Å². The molecule has 0 bridgehead atoms. The maximum atomic E-state index is 13.9. The highest BCUT2D eigenvalue weighted by Gasteiger charge is 2.50. The summed E-state index contributed by atoms with van der Waals surface area (Å²) in [5.74, 6) is -1.21. The molecule has 0 amide bonds. The van der Waals surface area contributed by atoms with Gasteiger partial charge in [-0.25, -0.2) is 0 Å². The van der Waals surface area contributed by atoms with E-state index in [9.17, 15) is 22.8 Å². The summed E-state index contributed by atoms with van der Waals surface area (Å²) in [7, 11) is 1.53. The molecular formula is C27H32F3NO4. The van der Waals surface area contributed by atoms with E-state index in [1.54, 1.807) is 6.92 Å². The molecule has 190 valence electrons. The van der Waals surface area contributed by atoms with Crippen LogP contribution >= 0.6 is 0 Å². The molecule has 0 N–H and O–H groups in total. The third kappa shape index (κ3) is 5.14. The highest BCUT2D eigenvalue weighted by molar-refractivity contribution is 6.15. The van der Waals surface area contributed by atoms with Gasteiger partial charge in [0.15, 0.2) is 5.78 Å². The Kier molecular flexibility index (Phi) is 7.08. The van der Waals surface area contributed by atoms with Crippen LogP contribution < -0.4 is 0 Å². The van der Waals surface area contributed by atoms with E-state index in [4.69, 9.17) is 14.5 Å². The topological polar surface area (TPSA) is 65.0 Å². The second kappa shape index (κ2) is 9.62. The number of nitrogens with zero attached hydrogens (tertiary/aromatic N) is 1. The van der Waals surface area contributed by atoms with Gasteiger partial charge in [0, 0.05) is 49.5 Å². The van der Waals surface area contributed by atoms with Crippen molar-refractivity contribution in [2.75, 3.05) is 20.3 Å². The van der Waals surface area contributed by atoms with Gasteiger partial charge in [-0.1, -0.05) is 26.0 Å². The van der Waals surface area contributed by atoms with Crippen LogP contribution in [-0.4, -0.2) is 43.7 Å². The van der Waals surface area contributed by atoms with E-state index in [2.05, 4.69) is 0 Å². The van der Waals surface area contributed by atoms with Gasteiger partial charge in [0.25, 0.3) is 0 Å². The normalized spacial score (nSPS) is 26.3. The quantitative estimate of drug-likeness (QED) is 0.497. The van der Waals surface area contributed by atoms with Gasteiger partial charge >= 0.3 is 6.18 Å². The first-order valence-electron chi connectivity index (χ1n) is 12.1. The summed E-state index contributed by atoms with van der Waals surface area (Å²) in [4.78, 5) is 32.3. The predicted octanol–water partition coefficient (Wildman–Crippen LogP) is 5.68. The number of alkyl halides is 3. The number of hydrogen-bond donors (Lipinski definition) is 0. The molecule has 3 unspecified atom stereocenters. The zero-order chi connectivity index (χ0) is 25.5. The van der Waals surface area contributed by atoms with Gasteiger partial charge in [0.05, 0.1) is 23.3 Å². The Morgan fingerprint density at radius 3 is 2.34 bits per heavy atom. The second-order valence-corrected chi connectivity index (χ2v) is 10.6. The Balaban J connectivity index is 1.87. The van der Waals surface area contributed by atoms with Gasteiger partial charge in [0.1, 0.15) is 5.78 Å². The minimum atomic E-state index is -4.49. The lowest BCUT2D eigenvalue weighted by Gasteiger charge is -2.45. The molecule has 3 atom stereocenters. The van der Waals surface area contributed by atoms with Gasteiger partial charge in [-0.15, -0.1) is 0 Å². The van der Waals surface area contributed by atoms with E-state index in [0.29, 0.717) is 50.2 Å². The number of carbonyl (C=O) groups is 2. The van der Waals surface area contributed by atoms with E-state index < -0.39 is 35.5 Å². The molecule has 4 rings (SSSR count). The third-order valence-electron chi connectivity index (χ3n) is 7.48. The monoisotopic (exact) mass is 491 g/mol. The molecular weight excluding hydrogens is 459 g/mol. The van der Waals surface area contributed by atoms with Gasteiger partial charge in [0.2, 0.25) is 0 Å². The van der Waals surface area contributed by atoms with Crippen molar-refractivity contribution in [2.24, 2.45) is 28.2 Å². The Bertz CT molecular complexity index is 1050. The summed E-state index contributed by atoms with van der Waals surface area (Å²) in [5, 5.41) is 0. The number of rotatable bonds is 5. The van der Waals surface area contributed by atoms with Gasteiger partial charge in [-0.3, -0.25) is 14.6 Å². The molecule has 2 heterocycles. The fourth-order valence-corrected chi connectivity index (χ4v) is 5.74. The van der Waals surface area contributed by atoms with E-state index >= 15 is 0 Å². The first-order valence-corrected chi connectivity index (χ1v) is 12.1. The maximum Gasteiger partial charge on any atom is 0.416 e. The SMILES string of the molecule is COC(C)C1=C(C(=O)c2ccc(C(F)(F)F)cc2)C(C2CCOCC2)C2C(=O)CC(C)(C)CC2=N1. The number of halogens is 3. The van der Waals surface area contributed by atoms with Crippen LogP contribution in [-0.2, 0) is 20.4 Å². The second-order valence-electron chi connectivity index (χ2n) is 10.6. The fraction of sp³-hybridized carbons (Fsp3) is 0.593. The summed E-state index contributed by atoms with van der Waals surface area (Å²) in [5.41, 5.74) is 0.753. The van der Waals surface area contributed by atoms with Crippen molar-refractivity contribution in [3.8, 4) is 0 Å².